The van der Waals surface area contributed by atoms with Crippen LogP contribution < -0.4 is 5.32 Å². The van der Waals surface area contributed by atoms with Crippen LogP contribution in [0.25, 0.3) is 5.69 Å². The van der Waals surface area contributed by atoms with E-state index in [-0.39, 0.29) is 11.5 Å². The molecule has 26 heavy (non-hydrogen) atoms. The molecule has 140 valence electrons. The number of tetrazole rings is 1. The number of nitrogens with one attached hydrogen (secondary N) is 1. The zero-order valence-corrected chi connectivity index (χ0v) is 15.7. The zero-order valence-electron chi connectivity index (χ0n) is 15.7. The monoisotopic (exact) mass is 357 g/mol. The van der Waals surface area contributed by atoms with E-state index in [1.165, 1.54) is 6.42 Å². The molecule has 1 aliphatic carbocycles. The van der Waals surface area contributed by atoms with Crippen molar-refractivity contribution in [2.24, 2.45) is 0 Å². The van der Waals surface area contributed by atoms with Crippen molar-refractivity contribution in [3.05, 3.63) is 35.7 Å². The average molecular weight is 357 g/mol. The Labute approximate surface area is 154 Å². The Morgan fingerprint density at radius 1 is 1.31 bits per heavy atom. The van der Waals surface area contributed by atoms with E-state index < -0.39 is 0 Å². The highest BCUT2D eigenvalue weighted by atomic mass is 16.5. The topological polar surface area (TPSA) is 81.9 Å². The van der Waals surface area contributed by atoms with Crippen LogP contribution in [-0.4, -0.2) is 38.8 Å². The quantitative estimate of drug-likeness (QED) is 0.801. The van der Waals surface area contributed by atoms with Crippen LogP contribution in [0, 0.1) is 0 Å². The molecule has 7 heteroatoms. The number of esters is 1. The summed E-state index contributed by atoms with van der Waals surface area (Å²) in [7, 11) is 0. The SMILES string of the molecule is CCOC(=O)c1cccc(-n2nnnc2C2(NC(C)C)CCCCC2)c1. The van der Waals surface area contributed by atoms with Crippen LogP contribution in [0.4, 0.5) is 0 Å². The van der Waals surface area contributed by atoms with Crippen LogP contribution in [0.5, 0.6) is 0 Å². The number of nitrogens with zero attached hydrogens (tertiary/aromatic N) is 4. The highest BCUT2D eigenvalue weighted by molar-refractivity contribution is 5.90. The van der Waals surface area contributed by atoms with Gasteiger partial charge in [-0.2, -0.15) is 4.68 Å². The molecule has 1 N–H and O–H groups in total. The third kappa shape index (κ3) is 3.77. The van der Waals surface area contributed by atoms with Crippen LogP contribution in [0.1, 0.15) is 69.1 Å². The second-order valence-corrected chi connectivity index (χ2v) is 7.13. The van der Waals surface area contributed by atoms with Crippen LogP contribution in [0.15, 0.2) is 24.3 Å². The molecule has 1 heterocycles. The van der Waals surface area contributed by atoms with Crippen molar-refractivity contribution >= 4 is 5.97 Å². The first-order valence-corrected chi connectivity index (χ1v) is 9.40. The van der Waals surface area contributed by atoms with Gasteiger partial charge in [0.2, 0.25) is 0 Å². The molecule has 0 aliphatic heterocycles. The largest absolute Gasteiger partial charge is 0.462 e. The summed E-state index contributed by atoms with van der Waals surface area (Å²) in [6.07, 6.45) is 5.54. The molecule has 1 aromatic carbocycles. The summed E-state index contributed by atoms with van der Waals surface area (Å²) >= 11 is 0. The summed E-state index contributed by atoms with van der Waals surface area (Å²) in [5, 5.41) is 16.3. The summed E-state index contributed by atoms with van der Waals surface area (Å²) in [6, 6.07) is 7.59. The summed E-state index contributed by atoms with van der Waals surface area (Å²) in [5.41, 5.74) is 1.03. The smallest absolute Gasteiger partial charge is 0.338 e. The number of hydrogen-bond donors (Lipinski definition) is 1. The number of hydrogen-bond acceptors (Lipinski definition) is 6. The second kappa shape index (κ2) is 7.95. The fraction of sp³-hybridized carbons (Fsp3) is 0.579. The predicted octanol–water partition coefficient (Wildman–Crippen LogP) is 3.00. The van der Waals surface area contributed by atoms with Crippen LogP contribution in [-0.2, 0) is 10.3 Å². The molecule has 0 bridgehead atoms. The number of benzene rings is 1. The summed E-state index contributed by atoms with van der Waals surface area (Å²) in [5.74, 6) is 0.476. The lowest BCUT2D eigenvalue weighted by Crippen LogP contribution is -2.49. The summed E-state index contributed by atoms with van der Waals surface area (Å²) < 4.78 is 6.86. The van der Waals surface area contributed by atoms with Crippen molar-refractivity contribution in [1.82, 2.24) is 25.5 Å². The predicted molar refractivity (Wildman–Crippen MR) is 98.1 cm³/mol. The van der Waals surface area contributed by atoms with Gasteiger partial charge in [0.25, 0.3) is 0 Å². The van der Waals surface area contributed by atoms with Crippen LogP contribution in [0.2, 0.25) is 0 Å². The van der Waals surface area contributed by atoms with Gasteiger partial charge >= 0.3 is 5.97 Å². The van der Waals surface area contributed by atoms with Gasteiger partial charge in [0.05, 0.1) is 23.4 Å². The Bertz CT molecular complexity index is 750. The van der Waals surface area contributed by atoms with Gasteiger partial charge < -0.3 is 10.1 Å². The van der Waals surface area contributed by atoms with E-state index in [9.17, 15) is 4.79 Å². The summed E-state index contributed by atoms with van der Waals surface area (Å²) in [4.78, 5) is 12.1. The molecule has 7 nitrogen and oxygen atoms in total. The van der Waals surface area contributed by atoms with E-state index in [1.807, 2.05) is 12.1 Å². The Morgan fingerprint density at radius 3 is 2.77 bits per heavy atom. The van der Waals surface area contributed by atoms with Crippen molar-refractivity contribution in [2.75, 3.05) is 6.61 Å². The molecule has 0 saturated heterocycles. The average Bonchev–Trinajstić information content (AvgIpc) is 3.13. The van der Waals surface area contributed by atoms with Gasteiger partial charge in [-0.25, -0.2) is 4.79 Å². The normalized spacial score (nSPS) is 16.6. The van der Waals surface area contributed by atoms with E-state index in [0.29, 0.717) is 18.2 Å². The fourth-order valence-electron chi connectivity index (χ4n) is 3.78. The Morgan fingerprint density at radius 2 is 2.08 bits per heavy atom. The number of rotatable bonds is 6. The van der Waals surface area contributed by atoms with Gasteiger partial charge in [0.1, 0.15) is 0 Å². The summed E-state index contributed by atoms with van der Waals surface area (Å²) in [6.45, 7) is 6.43. The van der Waals surface area contributed by atoms with E-state index in [0.717, 1.165) is 37.2 Å². The Balaban J connectivity index is 2.00. The first-order valence-electron chi connectivity index (χ1n) is 9.40. The lowest BCUT2D eigenvalue weighted by atomic mass is 9.80. The van der Waals surface area contributed by atoms with Crippen molar-refractivity contribution in [2.45, 2.75) is 64.5 Å². The van der Waals surface area contributed by atoms with Gasteiger partial charge in [-0.3, -0.25) is 0 Å². The van der Waals surface area contributed by atoms with E-state index >= 15 is 0 Å². The van der Waals surface area contributed by atoms with Crippen molar-refractivity contribution in [3.63, 3.8) is 0 Å². The molecular weight excluding hydrogens is 330 g/mol. The Kier molecular flexibility index (Phi) is 5.66. The molecule has 0 amide bonds. The van der Waals surface area contributed by atoms with Gasteiger partial charge in [-0.15, -0.1) is 5.10 Å². The maximum Gasteiger partial charge on any atom is 0.338 e. The fourth-order valence-corrected chi connectivity index (χ4v) is 3.78. The van der Waals surface area contributed by atoms with E-state index in [2.05, 4.69) is 34.7 Å². The molecule has 1 aromatic heterocycles. The molecule has 3 rings (SSSR count). The molecule has 1 aliphatic rings. The maximum atomic E-state index is 12.1. The second-order valence-electron chi connectivity index (χ2n) is 7.13. The first kappa shape index (κ1) is 18.5. The number of carbonyl (C=O) groups excluding carboxylic acids is 1. The molecule has 0 spiro atoms. The molecule has 0 unspecified atom stereocenters. The third-order valence-electron chi connectivity index (χ3n) is 4.77. The van der Waals surface area contributed by atoms with Crippen molar-refractivity contribution in [3.8, 4) is 5.69 Å². The van der Waals surface area contributed by atoms with E-state index in [1.54, 1.807) is 23.7 Å². The minimum atomic E-state index is -0.336. The molecule has 1 fully saturated rings. The van der Waals surface area contributed by atoms with Gasteiger partial charge in [0.15, 0.2) is 5.82 Å². The minimum absolute atomic E-state index is 0.240. The third-order valence-corrected chi connectivity index (χ3v) is 4.77. The molecule has 0 radical (unpaired) electrons. The minimum Gasteiger partial charge on any atom is -0.462 e. The number of aromatic nitrogens is 4. The van der Waals surface area contributed by atoms with E-state index in [4.69, 9.17) is 4.74 Å². The highest BCUT2D eigenvalue weighted by Crippen LogP contribution is 2.37. The first-order chi connectivity index (χ1) is 12.6. The standard InChI is InChI=1S/C19H27N5O2/c1-4-26-17(25)15-9-8-10-16(13-15)24-18(21-22-23-24)19(20-14(2)3)11-6-5-7-12-19/h8-10,13-14,20H,4-7,11-12H2,1-3H3. The van der Waals surface area contributed by atoms with Gasteiger partial charge in [0, 0.05) is 6.04 Å². The van der Waals surface area contributed by atoms with Gasteiger partial charge in [-0.1, -0.05) is 25.3 Å². The molecule has 2 aromatic rings. The van der Waals surface area contributed by atoms with Crippen molar-refractivity contribution in [1.29, 1.82) is 0 Å². The number of ether oxygens (including phenoxy) is 1. The molecular formula is C19H27N5O2. The van der Waals surface area contributed by atoms with Crippen LogP contribution >= 0.6 is 0 Å². The maximum absolute atomic E-state index is 12.1. The van der Waals surface area contributed by atoms with Gasteiger partial charge in [-0.05, 0) is 62.2 Å². The molecule has 1 saturated carbocycles. The lowest BCUT2D eigenvalue weighted by Gasteiger charge is -2.38. The number of carbonyl (C=O) groups is 1. The van der Waals surface area contributed by atoms with Crippen LogP contribution in [0.3, 0.4) is 0 Å². The molecule has 0 atom stereocenters. The Hall–Kier alpha value is -2.28. The zero-order chi connectivity index (χ0) is 18.6. The lowest BCUT2D eigenvalue weighted by molar-refractivity contribution is 0.0526. The van der Waals surface area contributed by atoms with Crippen molar-refractivity contribution < 1.29 is 9.53 Å². The highest BCUT2D eigenvalue weighted by Gasteiger charge is 2.39.